The van der Waals surface area contributed by atoms with E-state index in [2.05, 4.69) is 17.1 Å². The lowest BCUT2D eigenvalue weighted by Gasteiger charge is -2.34. The van der Waals surface area contributed by atoms with Crippen LogP contribution in [0.4, 0.5) is 0 Å². The molecule has 0 saturated carbocycles. The standard InChI is InChI=1S/C12H22N2O2/c1-2-14-5-3-4-10(8-14)6-11-7-13-12(15)9-16-11/h10-11H,2-9H2,1H3,(H,13,15). The van der Waals surface area contributed by atoms with Gasteiger partial charge in [0.15, 0.2) is 0 Å². The third-order valence-corrected chi connectivity index (χ3v) is 3.62. The highest BCUT2D eigenvalue weighted by Crippen LogP contribution is 2.22. The first-order valence-electron chi connectivity index (χ1n) is 6.38. The Labute approximate surface area is 97.3 Å². The van der Waals surface area contributed by atoms with Crippen LogP contribution < -0.4 is 5.32 Å². The Morgan fingerprint density at radius 3 is 3.12 bits per heavy atom. The summed E-state index contributed by atoms with van der Waals surface area (Å²) in [7, 11) is 0. The molecule has 0 aromatic rings. The van der Waals surface area contributed by atoms with Gasteiger partial charge >= 0.3 is 0 Å². The molecule has 0 bridgehead atoms. The van der Waals surface area contributed by atoms with E-state index in [0.29, 0.717) is 6.54 Å². The van der Waals surface area contributed by atoms with Crippen LogP contribution in [0.25, 0.3) is 0 Å². The first-order valence-corrected chi connectivity index (χ1v) is 6.38. The zero-order valence-corrected chi connectivity index (χ0v) is 10.1. The number of ether oxygens (including phenoxy) is 1. The molecule has 2 unspecified atom stereocenters. The maximum Gasteiger partial charge on any atom is 0.246 e. The largest absolute Gasteiger partial charge is 0.367 e. The Morgan fingerprint density at radius 2 is 2.44 bits per heavy atom. The lowest BCUT2D eigenvalue weighted by molar-refractivity contribution is -0.134. The molecule has 4 nitrogen and oxygen atoms in total. The van der Waals surface area contributed by atoms with Crippen LogP contribution in [0.1, 0.15) is 26.2 Å². The Hall–Kier alpha value is -0.610. The Bertz CT molecular complexity index is 235. The molecular weight excluding hydrogens is 204 g/mol. The zero-order valence-electron chi connectivity index (χ0n) is 10.1. The number of piperidine rings is 1. The van der Waals surface area contributed by atoms with E-state index in [9.17, 15) is 4.79 Å². The van der Waals surface area contributed by atoms with Gasteiger partial charge in [0.1, 0.15) is 6.61 Å². The lowest BCUT2D eigenvalue weighted by Crippen LogP contribution is -2.45. The minimum absolute atomic E-state index is 0.0232. The highest BCUT2D eigenvalue weighted by molar-refractivity contribution is 5.77. The minimum atomic E-state index is 0.0232. The number of rotatable bonds is 3. The Balaban J connectivity index is 1.74. The molecule has 0 aliphatic carbocycles. The molecule has 2 saturated heterocycles. The molecule has 2 aliphatic rings. The molecule has 0 radical (unpaired) electrons. The number of hydrogen-bond donors (Lipinski definition) is 1. The molecule has 2 atom stereocenters. The number of morpholine rings is 1. The van der Waals surface area contributed by atoms with Crippen molar-refractivity contribution in [3.8, 4) is 0 Å². The number of nitrogens with zero attached hydrogens (tertiary/aromatic N) is 1. The first-order chi connectivity index (χ1) is 7.78. The lowest BCUT2D eigenvalue weighted by atomic mass is 9.92. The molecule has 2 aliphatic heterocycles. The summed E-state index contributed by atoms with van der Waals surface area (Å²) in [4.78, 5) is 13.5. The van der Waals surface area contributed by atoms with Crippen molar-refractivity contribution in [3.05, 3.63) is 0 Å². The molecule has 4 heteroatoms. The van der Waals surface area contributed by atoms with E-state index >= 15 is 0 Å². The van der Waals surface area contributed by atoms with Gasteiger partial charge in [0.05, 0.1) is 6.10 Å². The molecule has 0 spiro atoms. The maximum atomic E-state index is 11.0. The average molecular weight is 226 g/mol. The summed E-state index contributed by atoms with van der Waals surface area (Å²) in [6.45, 7) is 6.76. The van der Waals surface area contributed by atoms with E-state index in [1.165, 1.54) is 25.9 Å². The number of nitrogens with one attached hydrogen (secondary N) is 1. The normalized spacial score (nSPS) is 32.4. The van der Waals surface area contributed by atoms with E-state index in [1.807, 2.05) is 0 Å². The molecule has 2 heterocycles. The van der Waals surface area contributed by atoms with Gasteiger partial charge in [0, 0.05) is 13.1 Å². The van der Waals surface area contributed by atoms with Crippen LogP contribution in [-0.4, -0.2) is 49.7 Å². The van der Waals surface area contributed by atoms with E-state index in [0.717, 1.165) is 18.9 Å². The summed E-state index contributed by atoms with van der Waals surface area (Å²) in [6.07, 6.45) is 3.94. The summed E-state index contributed by atoms with van der Waals surface area (Å²) < 4.78 is 5.53. The summed E-state index contributed by atoms with van der Waals surface area (Å²) >= 11 is 0. The van der Waals surface area contributed by atoms with Crippen molar-refractivity contribution in [3.63, 3.8) is 0 Å². The number of carbonyl (C=O) groups is 1. The number of carbonyl (C=O) groups excluding carboxylic acids is 1. The third kappa shape index (κ3) is 3.19. The molecule has 16 heavy (non-hydrogen) atoms. The quantitative estimate of drug-likeness (QED) is 0.767. The predicted octanol–water partition coefficient (Wildman–Crippen LogP) is 0.623. The molecule has 2 rings (SSSR count). The van der Waals surface area contributed by atoms with Crippen LogP contribution in [0.3, 0.4) is 0 Å². The number of likely N-dealkylation sites (tertiary alicyclic amines) is 1. The fourth-order valence-electron chi connectivity index (χ4n) is 2.69. The van der Waals surface area contributed by atoms with Gasteiger partial charge in [-0.15, -0.1) is 0 Å². The van der Waals surface area contributed by atoms with Gasteiger partial charge in [-0.25, -0.2) is 0 Å². The first kappa shape index (κ1) is 11.9. The fraction of sp³-hybridized carbons (Fsp3) is 0.917. The SMILES string of the molecule is CCN1CCCC(CC2CNC(=O)CO2)C1. The third-order valence-electron chi connectivity index (χ3n) is 3.62. The second-order valence-corrected chi connectivity index (χ2v) is 4.87. The number of amides is 1. The average Bonchev–Trinajstić information content (AvgIpc) is 2.32. The van der Waals surface area contributed by atoms with Crippen molar-refractivity contribution < 1.29 is 9.53 Å². The Kier molecular flexibility index (Phi) is 4.18. The van der Waals surface area contributed by atoms with Gasteiger partial charge in [0.25, 0.3) is 0 Å². The second-order valence-electron chi connectivity index (χ2n) is 4.87. The molecule has 0 aromatic heterocycles. The van der Waals surface area contributed by atoms with Crippen molar-refractivity contribution in [2.45, 2.75) is 32.3 Å². The van der Waals surface area contributed by atoms with Gasteiger partial charge in [-0.05, 0) is 38.3 Å². The fourth-order valence-corrected chi connectivity index (χ4v) is 2.69. The van der Waals surface area contributed by atoms with Gasteiger partial charge in [0.2, 0.25) is 5.91 Å². The number of hydrogen-bond acceptors (Lipinski definition) is 3. The Morgan fingerprint density at radius 1 is 1.56 bits per heavy atom. The molecular formula is C12H22N2O2. The summed E-state index contributed by atoms with van der Waals surface area (Å²) in [5, 5.41) is 2.87. The van der Waals surface area contributed by atoms with E-state index in [1.54, 1.807) is 0 Å². The van der Waals surface area contributed by atoms with Gasteiger partial charge in [-0.1, -0.05) is 6.92 Å². The molecule has 1 N–H and O–H groups in total. The van der Waals surface area contributed by atoms with Gasteiger partial charge in [-0.3, -0.25) is 4.79 Å². The summed E-state index contributed by atoms with van der Waals surface area (Å²) in [5.41, 5.74) is 0. The van der Waals surface area contributed by atoms with E-state index in [4.69, 9.17) is 4.74 Å². The highest BCUT2D eigenvalue weighted by Gasteiger charge is 2.25. The van der Waals surface area contributed by atoms with E-state index < -0.39 is 0 Å². The topological polar surface area (TPSA) is 41.6 Å². The summed E-state index contributed by atoms with van der Waals surface area (Å²) in [5.74, 6) is 0.767. The van der Waals surface area contributed by atoms with Gasteiger partial charge < -0.3 is 15.0 Å². The minimum Gasteiger partial charge on any atom is -0.367 e. The molecule has 92 valence electrons. The highest BCUT2D eigenvalue weighted by atomic mass is 16.5. The van der Waals surface area contributed by atoms with Crippen molar-refractivity contribution >= 4 is 5.91 Å². The van der Waals surface area contributed by atoms with Crippen molar-refractivity contribution in [2.24, 2.45) is 5.92 Å². The van der Waals surface area contributed by atoms with Crippen LogP contribution in [0.2, 0.25) is 0 Å². The van der Waals surface area contributed by atoms with Crippen molar-refractivity contribution in [1.29, 1.82) is 0 Å². The molecule has 0 aromatic carbocycles. The van der Waals surface area contributed by atoms with Crippen LogP contribution in [0, 0.1) is 5.92 Å². The zero-order chi connectivity index (χ0) is 11.4. The summed E-state index contributed by atoms with van der Waals surface area (Å²) in [6, 6.07) is 0. The van der Waals surface area contributed by atoms with E-state index in [-0.39, 0.29) is 18.6 Å². The predicted molar refractivity (Wildman–Crippen MR) is 62.2 cm³/mol. The van der Waals surface area contributed by atoms with Crippen molar-refractivity contribution in [1.82, 2.24) is 10.2 Å². The van der Waals surface area contributed by atoms with Gasteiger partial charge in [-0.2, -0.15) is 0 Å². The second kappa shape index (κ2) is 5.64. The smallest absolute Gasteiger partial charge is 0.246 e. The molecule has 2 fully saturated rings. The monoisotopic (exact) mass is 226 g/mol. The van der Waals surface area contributed by atoms with Crippen molar-refractivity contribution in [2.75, 3.05) is 32.8 Å². The molecule has 1 amide bonds. The van der Waals surface area contributed by atoms with Crippen LogP contribution >= 0.6 is 0 Å². The van der Waals surface area contributed by atoms with Crippen LogP contribution in [0.5, 0.6) is 0 Å². The van der Waals surface area contributed by atoms with Crippen LogP contribution in [0.15, 0.2) is 0 Å². The van der Waals surface area contributed by atoms with Crippen LogP contribution in [-0.2, 0) is 9.53 Å². The maximum absolute atomic E-state index is 11.0.